The van der Waals surface area contributed by atoms with Crippen molar-refractivity contribution in [1.29, 1.82) is 0 Å². The third-order valence-corrected chi connectivity index (χ3v) is 4.34. The molecule has 2 saturated heterocycles. The molecule has 7 heteroatoms. The lowest BCUT2D eigenvalue weighted by Crippen LogP contribution is -2.41. The summed E-state index contributed by atoms with van der Waals surface area (Å²) in [5.41, 5.74) is -0.160. The normalized spacial score (nSPS) is 26.5. The van der Waals surface area contributed by atoms with Crippen molar-refractivity contribution >= 4 is 12.7 Å². The van der Waals surface area contributed by atoms with E-state index in [-0.39, 0.29) is 6.10 Å². The first kappa shape index (κ1) is 14.7. The molecule has 1 atom stereocenters. The maximum absolute atomic E-state index is 5.96. The van der Waals surface area contributed by atoms with Crippen LogP contribution in [0, 0.1) is 0 Å². The molecule has 0 radical (unpaired) electrons. The lowest BCUT2D eigenvalue weighted by Gasteiger charge is -2.32. The van der Waals surface area contributed by atoms with Crippen molar-refractivity contribution in [2.24, 2.45) is 0 Å². The lowest BCUT2D eigenvalue weighted by atomic mass is 9.85. The molecule has 0 saturated carbocycles. The van der Waals surface area contributed by atoms with Crippen LogP contribution < -0.4 is 10.3 Å². The third kappa shape index (κ3) is 2.91. The van der Waals surface area contributed by atoms with Crippen LogP contribution in [0.25, 0.3) is 0 Å². The van der Waals surface area contributed by atoms with Gasteiger partial charge in [-0.1, -0.05) is 0 Å². The zero-order valence-electron chi connectivity index (χ0n) is 13.0. The highest BCUT2D eigenvalue weighted by Crippen LogP contribution is 2.36. The summed E-state index contributed by atoms with van der Waals surface area (Å²) >= 11 is 0. The Hall–Kier alpha value is -1.18. The monoisotopic (exact) mass is 292 g/mol. The Labute approximate surface area is 125 Å². The molecule has 21 heavy (non-hydrogen) atoms. The van der Waals surface area contributed by atoms with Crippen LogP contribution in [0.2, 0.25) is 0 Å². The number of hydrogen-bond acceptors (Lipinski definition) is 6. The van der Waals surface area contributed by atoms with E-state index in [0.717, 1.165) is 13.0 Å². The molecule has 1 unspecified atom stereocenters. The van der Waals surface area contributed by atoms with E-state index >= 15 is 0 Å². The largest absolute Gasteiger partial charge is 0.516 e. The van der Waals surface area contributed by atoms with E-state index in [0.29, 0.717) is 18.1 Å². The van der Waals surface area contributed by atoms with Crippen LogP contribution in [-0.2, 0) is 14.0 Å². The molecule has 0 amide bonds. The molecule has 6 nitrogen and oxygen atoms in total. The van der Waals surface area contributed by atoms with Gasteiger partial charge in [0.1, 0.15) is 6.61 Å². The van der Waals surface area contributed by atoms with Gasteiger partial charge in [-0.2, -0.15) is 0 Å². The summed E-state index contributed by atoms with van der Waals surface area (Å²) in [6, 6.07) is 0. The van der Waals surface area contributed by atoms with Gasteiger partial charge in [-0.3, -0.25) is 4.98 Å². The van der Waals surface area contributed by atoms with E-state index in [4.69, 9.17) is 18.8 Å². The van der Waals surface area contributed by atoms with E-state index in [1.165, 1.54) is 0 Å². The second-order valence-electron chi connectivity index (χ2n) is 6.46. The van der Waals surface area contributed by atoms with Crippen LogP contribution in [-0.4, -0.2) is 47.6 Å². The van der Waals surface area contributed by atoms with Crippen LogP contribution in [0.1, 0.15) is 34.1 Å². The standard InChI is InChI=1S/C14H21BN2O4/c1-13(2)14(3,4)21-15(20-13)11-7-16-8-12(17-11)19-9-10-5-6-18-10/h7-8,10H,5-6,9H2,1-4H3. The van der Waals surface area contributed by atoms with Gasteiger partial charge < -0.3 is 18.8 Å². The van der Waals surface area contributed by atoms with E-state index in [1.54, 1.807) is 12.4 Å². The van der Waals surface area contributed by atoms with Crippen molar-refractivity contribution in [3.05, 3.63) is 12.4 Å². The van der Waals surface area contributed by atoms with Gasteiger partial charge in [0.15, 0.2) is 0 Å². The summed E-state index contributed by atoms with van der Waals surface area (Å²) in [6.45, 7) is 9.35. The van der Waals surface area contributed by atoms with Crippen LogP contribution >= 0.6 is 0 Å². The second-order valence-corrected chi connectivity index (χ2v) is 6.46. The first-order valence-electron chi connectivity index (χ1n) is 7.29. The molecule has 1 aromatic heterocycles. The Kier molecular flexibility index (Phi) is 3.67. The summed E-state index contributed by atoms with van der Waals surface area (Å²) in [7, 11) is -0.522. The molecule has 3 rings (SSSR count). The highest BCUT2D eigenvalue weighted by Gasteiger charge is 2.52. The molecule has 114 valence electrons. The van der Waals surface area contributed by atoms with Gasteiger partial charge in [-0.25, -0.2) is 4.98 Å². The third-order valence-electron chi connectivity index (χ3n) is 4.34. The molecule has 0 aliphatic carbocycles. The predicted molar refractivity (Wildman–Crippen MR) is 77.6 cm³/mol. The number of rotatable bonds is 4. The van der Waals surface area contributed by atoms with Crippen LogP contribution in [0.4, 0.5) is 0 Å². The first-order chi connectivity index (χ1) is 9.87. The Morgan fingerprint density at radius 3 is 2.48 bits per heavy atom. The second kappa shape index (κ2) is 5.23. The summed E-state index contributed by atoms with van der Waals surface area (Å²) in [4.78, 5) is 8.58. The molecule has 2 aliphatic rings. The minimum absolute atomic E-state index is 0.173. The minimum Gasteiger partial charge on any atom is -0.474 e. The van der Waals surface area contributed by atoms with E-state index in [1.807, 2.05) is 27.7 Å². The fourth-order valence-electron chi connectivity index (χ4n) is 2.10. The lowest BCUT2D eigenvalue weighted by molar-refractivity contribution is -0.0727. The zero-order valence-corrected chi connectivity index (χ0v) is 13.0. The van der Waals surface area contributed by atoms with Crippen LogP contribution in [0.3, 0.4) is 0 Å². The van der Waals surface area contributed by atoms with E-state index in [9.17, 15) is 0 Å². The molecular formula is C14H21BN2O4. The molecule has 0 bridgehead atoms. The fourth-order valence-corrected chi connectivity index (χ4v) is 2.10. The van der Waals surface area contributed by atoms with Gasteiger partial charge >= 0.3 is 7.12 Å². The molecule has 2 aliphatic heterocycles. The summed E-state index contributed by atoms with van der Waals surface area (Å²) in [5.74, 6) is 0.470. The van der Waals surface area contributed by atoms with Crippen molar-refractivity contribution in [3.63, 3.8) is 0 Å². The molecule has 0 aromatic carbocycles. The first-order valence-corrected chi connectivity index (χ1v) is 7.29. The van der Waals surface area contributed by atoms with Crippen LogP contribution in [0.15, 0.2) is 12.4 Å². The van der Waals surface area contributed by atoms with Gasteiger partial charge in [-0.15, -0.1) is 0 Å². The highest BCUT2D eigenvalue weighted by atomic mass is 16.7. The molecule has 2 fully saturated rings. The Balaban J connectivity index is 1.68. The number of nitrogens with zero attached hydrogens (tertiary/aromatic N) is 2. The van der Waals surface area contributed by atoms with Gasteiger partial charge in [0.25, 0.3) is 0 Å². The summed E-state index contributed by atoms with van der Waals surface area (Å²) < 4.78 is 22.8. The van der Waals surface area contributed by atoms with Crippen molar-refractivity contribution in [2.45, 2.75) is 51.4 Å². The smallest absolute Gasteiger partial charge is 0.474 e. The number of aromatic nitrogens is 2. The number of hydrogen-bond donors (Lipinski definition) is 0. The molecule has 1 aromatic rings. The van der Waals surface area contributed by atoms with Gasteiger partial charge in [-0.05, 0) is 27.7 Å². The summed E-state index contributed by atoms with van der Waals surface area (Å²) in [5, 5.41) is 0. The van der Waals surface area contributed by atoms with Crippen molar-refractivity contribution in [2.75, 3.05) is 13.2 Å². The van der Waals surface area contributed by atoms with Gasteiger partial charge in [0.05, 0.1) is 29.1 Å². The minimum atomic E-state index is -0.522. The maximum Gasteiger partial charge on any atom is 0.516 e. The maximum atomic E-state index is 5.96. The molecule has 0 spiro atoms. The fraction of sp³-hybridized carbons (Fsp3) is 0.714. The summed E-state index contributed by atoms with van der Waals surface area (Å²) in [6.07, 6.45) is 4.44. The highest BCUT2D eigenvalue weighted by molar-refractivity contribution is 6.61. The van der Waals surface area contributed by atoms with Gasteiger partial charge in [0, 0.05) is 19.2 Å². The molecule has 3 heterocycles. The van der Waals surface area contributed by atoms with Crippen molar-refractivity contribution in [3.8, 4) is 5.88 Å². The number of ether oxygens (including phenoxy) is 2. The van der Waals surface area contributed by atoms with Crippen molar-refractivity contribution in [1.82, 2.24) is 9.97 Å². The van der Waals surface area contributed by atoms with E-state index in [2.05, 4.69) is 9.97 Å². The average Bonchev–Trinajstić information content (AvgIpc) is 2.57. The predicted octanol–water partition coefficient (Wildman–Crippen LogP) is 0.943. The van der Waals surface area contributed by atoms with Crippen molar-refractivity contribution < 1.29 is 18.8 Å². The van der Waals surface area contributed by atoms with Gasteiger partial charge in [0.2, 0.25) is 5.88 Å². The van der Waals surface area contributed by atoms with E-state index < -0.39 is 18.3 Å². The Bertz CT molecular complexity index is 503. The Morgan fingerprint density at radius 1 is 1.24 bits per heavy atom. The zero-order chi connectivity index (χ0) is 15.1. The topological polar surface area (TPSA) is 62.7 Å². The quantitative estimate of drug-likeness (QED) is 0.770. The molecular weight excluding hydrogens is 271 g/mol. The Morgan fingerprint density at radius 2 is 1.90 bits per heavy atom. The SMILES string of the molecule is CC1(C)OB(c2cncc(OCC3CCO3)n2)OC1(C)C. The average molecular weight is 292 g/mol. The molecule has 0 N–H and O–H groups in total. The van der Waals surface area contributed by atoms with Crippen LogP contribution in [0.5, 0.6) is 5.88 Å².